The van der Waals surface area contributed by atoms with Gasteiger partial charge >= 0.3 is 0 Å². The first-order valence-corrected chi connectivity index (χ1v) is 5.84. The van der Waals surface area contributed by atoms with Crippen LogP contribution in [-0.4, -0.2) is 38.8 Å². The van der Waals surface area contributed by atoms with E-state index in [0.717, 1.165) is 12.2 Å². The standard InChI is InChI=1S/C13H18N2O2/c1-10-3-5-11(6-4-10)15(2)13(16)12-9-17-8-7-14-12/h3-6,12,14H,7-9H2,1-2H3. The number of nitrogens with zero attached hydrogens (tertiary/aromatic N) is 1. The third-order valence-corrected chi connectivity index (χ3v) is 2.97. The van der Waals surface area contributed by atoms with Crippen LogP contribution in [0.15, 0.2) is 24.3 Å². The van der Waals surface area contributed by atoms with E-state index in [1.807, 2.05) is 31.2 Å². The summed E-state index contributed by atoms with van der Waals surface area (Å²) in [5.41, 5.74) is 2.10. The minimum Gasteiger partial charge on any atom is -0.378 e. The molecule has 0 bridgehead atoms. The number of amides is 1. The number of morpholine rings is 1. The largest absolute Gasteiger partial charge is 0.378 e. The number of carbonyl (C=O) groups excluding carboxylic acids is 1. The van der Waals surface area contributed by atoms with E-state index in [2.05, 4.69) is 5.32 Å². The number of benzene rings is 1. The zero-order valence-corrected chi connectivity index (χ0v) is 10.3. The van der Waals surface area contributed by atoms with Crippen LogP contribution in [0, 0.1) is 6.92 Å². The summed E-state index contributed by atoms with van der Waals surface area (Å²) in [6.45, 7) is 3.90. The van der Waals surface area contributed by atoms with Crippen molar-refractivity contribution in [3.05, 3.63) is 29.8 Å². The van der Waals surface area contributed by atoms with Crippen LogP contribution in [0.3, 0.4) is 0 Å². The fourth-order valence-electron chi connectivity index (χ4n) is 1.85. The molecule has 0 radical (unpaired) electrons. The van der Waals surface area contributed by atoms with Gasteiger partial charge in [-0.05, 0) is 19.1 Å². The van der Waals surface area contributed by atoms with Crippen LogP contribution in [-0.2, 0) is 9.53 Å². The lowest BCUT2D eigenvalue weighted by Crippen LogP contribution is -2.51. The van der Waals surface area contributed by atoms with Crippen molar-refractivity contribution in [3.8, 4) is 0 Å². The van der Waals surface area contributed by atoms with Crippen LogP contribution in [0.4, 0.5) is 5.69 Å². The first kappa shape index (κ1) is 12.1. The van der Waals surface area contributed by atoms with Crippen molar-refractivity contribution < 1.29 is 9.53 Å². The lowest BCUT2D eigenvalue weighted by atomic mass is 10.2. The summed E-state index contributed by atoms with van der Waals surface area (Å²) >= 11 is 0. The second-order valence-electron chi connectivity index (χ2n) is 4.31. The lowest BCUT2D eigenvalue weighted by molar-refractivity contribution is -0.123. The third-order valence-electron chi connectivity index (χ3n) is 2.97. The molecule has 0 aliphatic carbocycles. The Balaban J connectivity index is 2.05. The molecular weight excluding hydrogens is 216 g/mol. The Labute approximate surface area is 102 Å². The van der Waals surface area contributed by atoms with Gasteiger partial charge < -0.3 is 15.0 Å². The predicted molar refractivity (Wildman–Crippen MR) is 67.2 cm³/mol. The average Bonchev–Trinajstić information content (AvgIpc) is 2.39. The molecule has 4 heteroatoms. The Bertz CT molecular complexity index is 383. The summed E-state index contributed by atoms with van der Waals surface area (Å²) in [6, 6.07) is 7.69. The summed E-state index contributed by atoms with van der Waals surface area (Å²) in [6.07, 6.45) is 0. The maximum Gasteiger partial charge on any atom is 0.246 e. The highest BCUT2D eigenvalue weighted by Crippen LogP contribution is 2.14. The number of hydrogen-bond acceptors (Lipinski definition) is 3. The SMILES string of the molecule is Cc1ccc(N(C)C(=O)C2COCCN2)cc1. The summed E-state index contributed by atoms with van der Waals surface area (Å²) in [5, 5.41) is 3.16. The van der Waals surface area contributed by atoms with Gasteiger partial charge in [0, 0.05) is 19.3 Å². The van der Waals surface area contributed by atoms with Gasteiger partial charge in [0.2, 0.25) is 5.91 Å². The first-order valence-electron chi connectivity index (χ1n) is 5.84. The van der Waals surface area contributed by atoms with Crippen LogP contribution in [0.5, 0.6) is 0 Å². The molecule has 92 valence electrons. The monoisotopic (exact) mass is 234 g/mol. The van der Waals surface area contributed by atoms with Gasteiger partial charge in [-0.1, -0.05) is 17.7 Å². The molecule has 1 N–H and O–H groups in total. The molecule has 1 saturated heterocycles. The molecule has 1 amide bonds. The van der Waals surface area contributed by atoms with E-state index in [-0.39, 0.29) is 11.9 Å². The zero-order valence-electron chi connectivity index (χ0n) is 10.3. The van der Waals surface area contributed by atoms with Crippen molar-refractivity contribution in [1.82, 2.24) is 5.32 Å². The number of rotatable bonds is 2. The first-order chi connectivity index (χ1) is 8.18. The molecule has 1 atom stereocenters. The molecular formula is C13H18N2O2. The number of aryl methyl sites for hydroxylation is 1. The summed E-state index contributed by atoms with van der Waals surface area (Å²) in [4.78, 5) is 13.8. The number of carbonyl (C=O) groups is 1. The highest BCUT2D eigenvalue weighted by Gasteiger charge is 2.24. The number of ether oxygens (including phenoxy) is 1. The molecule has 0 aromatic heterocycles. The minimum atomic E-state index is -0.227. The zero-order chi connectivity index (χ0) is 12.3. The molecule has 1 aliphatic rings. The molecule has 2 rings (SSSR count). The van der Waals surface area contributed by atoms with Crippen LogP contribution >= 0.6 is 0 Å². The fraction of sp³-hybridized carbons (Fsp3) is 0.462. The van der Waals surface area contributed by atoms with Gasteiger partial charge in [-0.25, -0.2) is 0 Å². The van der Waals surface area contributed by atoms with Crippen molar-refractivity contribution in [3.63, 3.8) is 0 Å². The highest BCUT2D eigenvalue weighted by atomic mass is 16.5. The molecule has 0 spiro atoms. The van der Waals surface area contributed by atoms with E-state index in [4.69, 9.17) is 4.74 Å². The van der Waals surface area contributed by atoms with Crippen molar-refractivity contribution in [2.75, 3.05) is 31.7 Å². The Hall–Kier alpha value is -1.39. The maximum absolute atomic E-state index is 12.2. The minimum absolute atomic E-state index is 0.0496. The van der Waals surface area contributed by atoms with Gasteiger partial charge in [0.1, 0.15) is 6.04 Å². The van der Waals surface area contributed by atoms with E-state index < -0.39 is 0 Å². The number of likely N-dealkylation sites (N-methyl/N-ethyl adjacent to an activating group) is 1. The second-order valence-corrected chi connectivity index (χ2v) is 4.31. The molecule has 1 aromatic carbocycles. The predicted octanol–water partition coefficient (Wildman–Crippen LogP) is 0.946. The quantitative estimate of drug-likeness (QED) is 0.828. The van der Waals surface area contributed by atoms with E-state index in [0.29, 0.717) is 13.2 Å². The van der Waals surface area contributed by atoms with Gasteiger partial charge in [0.25, 0.3) is 0 Å². The second kappa shape index (κ2) is 5.29. The van der Waals surface area contributed by atoms with E-state index in [1.165, 1.54) is 5.56 Å². The molecule has 17 heavy (non-hydrogen) atoms. The highest BCUT2D eigenvalue weighted by molar-refractivity contribution is 5.96. The molecule has 1 heterocycles. The normalized spacial score (nSPS) is 20.0. The maximum atomic E-state index is 12.2. The van der Waals surface area contributed by atoms with Crippen molar-refractivity contribution in [2.45, 2.75) is 13.0 Å². The smallest absolute Gasteiger partial charge is 0.246 e. The van der Waals surface area contributed by atoms with Crippen LogP contribution in [0.2, 0.25) is 0 Å². The van der Waals surface area contributed by atoms with Crippen LogP contribution < -0.4 is 10.2 Å². The average molecular weight is 234 g/mol. The Morgan fingerprint density at radius 1 is 1.41 bits per heavy atom. The Kier molecular flexibility index (Phi) is 3.76. The number of hydrogen-bond donors (Lipinski definition) is 1. The Morgan fingerprint density at radius 2 is 2.12 bits per heavy atom. The van der Waals surface area contributed by atoms with Crippen LogP contribution in [0.1, 0.15) is 5.56 Å². The lowest BCUT2D eigenvalue weighted by Gasteiger charge is -2.27. The molecule has 4 nitrogen and oxygen atoms in total. The van der Waals surface area contributed by atoms with E-state index in [1.54, 1.807) is 11.9 Å². The van der Waals surface area contributed by atoms with E-state index >= 15 is 0 Å². The fourth-order valence-corrected chi connectivity index (χ4v) is 1.85. The summed E-state index contributed by atoms with van der Waals surface area (Å²) in [7, 11) is 1.79. The summed E-state index contributed by atoms with van der Waals surface area (Å²) < 4.78 is 5.30. The van der Waals surface area contributed by atoms with Gasteiger partial charge in [0.05, 0.1) is 13.2 Å². The van der Waals surface area contributed by atoms with E-state index in [9.17, 15) is 4.79 Å². The van der Waals surface area contributed by atoms with Gasteiger partial charge in [-0.3, -0.25) is 4.79 Å². The van der Waals surface area contributed by atoms with Gasteiger partial charge in [-0.15, -0.1) is 0 Å². The molecule has 1 fully saturated rings. The van der Waals surface area contributed by atoms with Crippen molar-refractivity contribution >= 4 is 11.6 Å². The molecule has 0 saturated carbocycles. The van der Waals surface area contributed by atoms with Gasteiger partial charge in [-0.2, -0.15) is 0 Å². The Morgan fingerprint density at radius 3 is 2.71 bits per heavy atom. The molecule has 1 unspecified atom stereocenters. The topological polar surface area (TPSA) is 41.6 Å². The van der Waals surface area contributed by atoms with Crippen LogP contribution in [0.25, 0.3) is 0 Å². The number of anilines is 1. The molecule has 1 aliphatic heterocycles. The summed E-state index contributed by atoms with van der Waals surface area (Å²) in [5.74, 6) is 0.0496. The molecule has 1 aromatic rings. The van der Waals surface area contributed by atoms with Gasteiger partial charge in [0.15, 0.2) is 0 Å². The number of nitrogens with one attached hydrogen (secondary N) is 1. The van der Waals surface area contributed by atoms with Crippen molar-refractivity contribution in [2.24, 2.45) is 0 Å². The van der Waals surface area contributed by atoms with Crippen molar-refractivity contribution in [1.29, 1.82) is 0 Å². The third kappa shape index (κ3) is 2.84.